The van der Waals surface area contributed by atoms with Gasteiger partial charge in [0.05, 0.1) is 6.42 Å². The molecule has 0 saturated carbocycles. The molecule has 2 saturated heterocycles. The third-order valence-electron chi connectivity index (χ3n) is 6.13. The van der Waals surface area contributed by atoms with Crippen LogP contribution in [0.15, 0.2) is 54.6 Å². The van der Waals surface area contributed by atoms with Gasteiger partial charge in [-0.3, -0.25) is 4.79 Å². The van der Waals surface area contributed by atoms with Gasteiger partial charge in [0.15, 0.2) is 0 Å². The number of hydrogen-bond acceptors (Lipinski definition) is 3. The Morgan fingerprint density at radius 2 is 1.65 bits per heavy atom. The van der Waals surface area contributed by atoms with Gasteiger partial charge >= 0.3 is 6.03 Å². The molecule has 2 aromatic carbocycles. The zero-order valence-electron chi connectivity index (χ0n) is 18.0. The van der Waals surface area contributed by atoms with Crippen molar-refractivity contribution >= 4 is 29.4 Å². The summed E-state index contributed by atoms with van der Waals surface area (Å²) in [5.74, 6) is 2.24. The van der Waals surface area contributed by atoms with Crippen molar-refractivity contribution in [2.24, 2.45) is 0 Å². The molecule has 1 atom stereocenters. The second-order valence-corrected chi connectivity index (χ2v) is 9.55. The van der Waals surface area contributed by atoms with Crippen molar-refractivity contribution in [3.8, 4) is 0 Å². The lowest BCUT2D eigenvalue weighted by Gasteiger charge is -2.36. The fourth-order valence-electron chi connectivity index (χ4n) is 4.37. The van der Waals surface area contributed by atoms with Crippen LogP contribution >= 0.6 is 11.8 Å². The number of rotatable bonds is 5. The lowest BCUT2D eigenvalue weighted by atomic mass is 9.96. The summed E-state index contributed by atoms with van der Waals surface area (Å²) in [5, 5.41) is 3.06. The Labute approximate surface area is 189 Å². The highest BCUT2D eigenvalue weighted by atomic mass is 32.2. The Kier molecular flexibility index (Phi) is 7.52. The van der Waals surface area contributed by atoms with E-state index >= 15 is 0 Å². The Bertz CT molecular complexity index is 866. The molecule has 0 bridgehead atoms. The number of nitrogens with one attached hydrogen (secondary N) is 1. The van der Waals surface area contributed by atoms with Crippen LogP contribution in [0, 0.1) is 0 Å². The zero-order chi connectivity index (χ0) is 21.5. The summed E-state index contributed by atoms with van der Waals surface area (Å²) in [7, 11) is 0. The summed E-state index contributed by atoms with van der Waals surface area (Å²) in [6, 6.07) is 18.3. The summed E-state index contributed by atoms with van der Waals surface area (Å²) >= 11 is 1.90. The van der Waals surface area contributed by atoms with Crippen LogP contribution in [-0.2, 0) is 17.6 Å². The van der Waals surface area contributed by atoms with Gasteiger partial charge in [-0.1, -0.05) is 42.5 Å². The minimum absolute atomic E-state index is 0.0322. The van der Waals surface area contributed by atoms with Crippen molar-refractivity contribution in [1.29, 1.82) is 0 Å². The van der Waals surface area contributed by atoms with Gasteiger partial charge in [0.25, 0.3) is 0 Å². The fraction of sp³-hybridized carbons (Fsp3) is 0.440. The average molecular weight is 438 g/mol. The summed E-state index contributed by atoms with van der Waals surface area (Å²) < 4.78 is 0. The quantitative estimate of drug-likeness (QED) is 0.753. The highest BCUT2D eigenvalue weighted by Gasteiger charge is 2.27. The predicted octanol–water partition coefficient (Wildman–Crippen LogP) is 4.43. The first-order valence-electron chi connectivity index (χ1n) is 11.2. The molecule has 5 nitrogen and oxygen atoms in total. The fourth-order valence-corrected chi connectivity index (χ4v) is 5.27. The average Bonchev–Trinajstić information content (AvgIpc) is 2.82. The van der Waals surface area contributed by atoms with E-state index in [-0.39, 0.29) is 18.0 Å². The van der Waals surface area contributed by atoms with Crippen molar-refractivity contribution in [3.05, 3.63) is 65.7 Å². The Morgan fingerprint density at radius 3 is 2.39 bits per heavy atom. The molecular weight excluding hydrogens is 406 g/mol. The molecule has 164 valence electrons. The molecule has 0 radical (unpaired) electrons. The molecule has 2 aliphatic rings. The van der Waals surface area contributed by atoms with Crippen LogP contribution < -0.4 is 5.32 Å². The van der Waals surface area contributed by atoms with Crippen LogP contribution in [0.1, 0.15) is 30.4 Å². The standard InChI is InChI=1S/C25H31N3O2S/c29-24(27-14-16-31-17-15-27)19-21-9-11-22(12-10-21)26-25(30)28-13-5-4-8-23(28)18-20-6-2-1-3-7-20/h1-3,6-7,9-12,23H,4-5,8,13-19H2,(H,26,30). The van der Waals surface area contributed by atoms with Crippen molar-refractivity contribution in [1.82, 2.24) is 9.80 Å². The van der Waals surface area contributed by atoms with E-state index in [9.17, 15) is 9.59 Å². The minimum Gasteiger partial charge on any atom is -0.341 e. The van der Waals surface area contributed by atoms with E-state index in [2.05, 4.69) is 29.6 Å². The topological polar surface area (TPSA) is 52.7 Å². The van der Waals surface area contributed by atoms with Crippen LogP contribution in [0.3, 0.4) is 0 Å². The molecule has 0 aliphatic carbocycles. The first-order valence-corrected chi connectivity index (χ1v) is 12.4. The SMILES string of the molecule is O=C(Cc1ccc(NC(=O)N2CCCCC2Cc2ccccc2)cc1)N1CCSCC1. The molecular formula is C25H31N3O2S. The summed E-state index contributed by atoms with van der Waals surface area (Å²) in [6.45, 7) is 2.49. The van der Waals surface area contributed by atoms with Gasteiger partial charge in [-0.15, -0.1) is 0 Å². The third kappa shape index (κ3) is 6.03. The number of carbonyl (C=O) groups excluding carboxylic acids is 2. The van der Waals surface area contributed by atoms with Crippen molar-refractivity contribution in [2.75, 3.05) is 36.5 Å². The van der Waals surface area contributed by atoms with Crippen molar-refractivity contribution in [3.63, 3.8) is 0 Å². The molecule has 2 heterocycles. The maximum atomic E-state index is 13.0. The lowest BCUT2D eigenvalue weighted by Crippen LogP contribution is -2.46. The number of urea groups is 1. The highest BCUT2D eigenvalue weighted by molar-refractivity contribution is 7.99. The Hall–Kier alpha value is -2.47. The minimum atomic E-state index is -0.0322. The molecule has 6 heteroatoms. The van der Waals surface area contributed by atoms with E-state index in [1.165, 1.54) is 12.0 Å². The van der Waals surface area contributed by atoms with Gasteiger partial charge in [-0.05, 0) is 48.9 Å². The monoisotopic (exact) mass is 437 g/mol. The van der Waals surface area contributed by atoms with Crippen LogP contribution in [0.25, 0.3) is 0 Å². The number of hydrogen-bond donors (Lipinski definition) is 1. The first kappa shape index (κ1) is 21.8. The maximum Gasteiger partial charge on any atom is 0.322 e. The summed E-state index contributed by atoms with van der Waals surface area (Å²) in [5.41, 5.74) is 3.04. The van der Waals surface area contributed by atoms with E-state index in [0.717, 1.165) is 61.7 Å². The van der Waals surface area contributed by atoms with Gasteiger partial charge in [0.1, 0.15) is 0 Å². The lowest BCUT2D eigenvalue weighted by molar-refractivity contribution is -0.130. The molecule has 1 unspecified atom stereocenters. The summed E-state index contributed by atoms with van der Waals surface area (Å²) in [4.78, 5) is 29.4. The van der Waals surface area contributed by atoms with Gasteiger partial charge in [0.2, 0.25) is 5.91 Å². The first-order chi connectivity index (χ1) is 15.2. The number of nitrogens with zero attached hydrogens (tertiary/aromatic N) is 2. The zero-order valence-corrected chi connectivity index (χ0v) is 18.8. The molecule has 3 amide bonds. The number of likely N-dealkylation sites (tertiary alicyclic amines) is 1. The number of benzene rings is 2. The van der Waals surface area contributed by atoms with Crippen LogP contribution in [0.2, 0.25) is 0 Å². The Balaban J connectivity index is 1.33. The second kappa shape index (κ2) is 10.7. The molecule has 1 N–H and O–H groups in total. The predicted molar refractivity (Wildman–Crippen MR) is 128 cm³/mol. The summed E-state index contributed by atoms with van der Waals surface area (Å²) in [6.07, 6.45) is 4.57. The van der Waals surface area contributed by atoms with E-state index in [1.54, 1.807) is 0 Å². The molecule has 2 aliphatic heterocycles. The van der Waals surface area contributed by atoms with E-state index in [0.29, 0.717) is 6.42 Å². The molecule has 31 heavy (non-hydrogen) atoms. The number of anilines is 1. The van der Waals surface area contributed by atoms with E-state index in [4.69, 9.17) is 0 Å². The number of thioether (sulfide) groups is 1. The normalized spacial score (nSPS) is 19.2. The van der Waals surface area contributed by atoms with Crippen LogP contribution in [0.4, 0.5) is 10.5 Å². The van der Waals surface area contributed by atoms with Crippen LogP contribution in [-0.4, -0.2) is 58.9 Å². The van der Waals surface area contributed by atoms with Gasteiger partial charge < -0.3 is 15.1 Å². The van der Waals surface area contributed by atoms with E-state index < -0.39 is 0 Å². The highest BCUT2D eigenvalue weighted by Crippen LogP contribution is 2.22. The third-order valence-corrected chi connectivity index (χ3v) is 7.07. The van der Waals surface area contributed by atoms with Crippen molar-refractivity contribution < 1.29 is 9.59 Å². The molecule has 0 spiro atoms. The van der Waals surface area contributed by atoms with Crippen LogP contribution in [0.5, 0.6) is 0 Å². The molecule has 4 rings (SSSR count). The number of piperidine rings is 1. The van der Waals surface area contributed by atoms with Crippen molar-refractivity contribution in [2.45, 2.75) is 38.1 Å². The second-order valence-electron chi connectivity index (χ2n) is 8.33. The Morgan fingerprint density at radius 1 is 0.903 bits per heavy atom. The largest absolute Gasteiger partial charge is 0.341 e. The maximum absolute atomic E-state index is 13.0. The van der Waals surface area contributed by atoms with Gasteiger partial charge in [-0.2, -0.15) is 11.8 Å². The smallest absolute Gasteiger partial charge is 0.322 e. The number of amides is 3. The molecule has 2 aromatic rings. The van der Waals surface area contributed by atoms with Gasteiger partial charge in [0, 0.05) is 42.9 Å². The van der Waals surface area contributed by atoms with Gasteiger partial charge in [-0.25, -0.2) is 4.79 Å². The van der Waals surface area contributed by atoms with E-state index in [1.807, 2.05) is 51.9 Å². The molecule has 0 aromatic heterocycles. The number of carbonyl (C=O) groups is 2. The molecule has 2 fully saturated rings.